The molecule has 10 heteroatoms. The van der Waals surface area contributed by atoms with Crippen molar-refractivity contribution in [2.75, 3.05) is 6.54 Å². The first-order chi connectivity index (χ1) is 13.5. The van der Waals surface area contributed by atoms with Crippen LogP contribution in [-0.2, 0) is 17.4 Å². The zero-order valence-corrected chi connectivity index (χ0v) is 16.6. The topological polar surface area (TPSA) is 90.7 Å². The van der Waals surface area contributed by atoms with E-state index >= 15 is 0 Å². The third-order valence-electron chi connectivity index (χ3n) is 4.20. The standard InChI is InChI=1S/C19H21F3N2O4S/c1-11(2)8-15(17(25)26)24(18(27)28)7-6-14-10-29-16(23-14)12-4-3-5-13(9-12)19(20,21)22/h3-5,9-11,15H,6-8H2,1-2H3,(H,25,26)(H,27,28). The minimum absolute atomic E-state index is 0.00951. The van der Waals surface area contributed by atoms with Gasteiger partial charge in [0.15, 0.2) is 0 Å². The zero-order valence-electron chi connectivity index (χ0n) is 15.8. The van der Waals surface area contributed by atoms with Crippen molar-refractivity contribution in [3.8, 4) is 10.6 Å². The molecule has 1 heterocycles. The molecule has 0 fully saturated rings. The van der Waals surface area contributed by atoms with Crippen LogP contribution in [0.5, 0.6) is 0 Å². The van der Waals surface area contributed by atoms with Crippen LogP contribution in [0.4, 0.5) is 18.0 Å². The van der Waals surface area contributed by atoms with Crippen LogP contribution in [-0.4, -0.2) is 44.7 Å². The van der Waals surface area contributed by atoms with Gasteiger partial charge in [-0.2, -0.15) is 13.2 Å². The first-order valence-electron chi connectivity index (χ1n) is 8.83. The van der Waals surface area contributed by atoms with Gasteiger partial charge in [0.2, 0.25) is 0 Å². The van der Waals surface area contributed by atoms with Crippen LogP contribution in [0.1, 0.15) is 31.5 Å². The molecule has 0 aliphatic carbocycles. The highest BCUT2D eigenvalue weighted by Gasteiger charge is 2.31. The van der Waals surface area contributed by atoms with Gasteiger partial charge in [0.05, 0.1) is 11.3 Å². The van der Waals surface area contributed by atoms with Crippen LogP contribution >= 0.6 is 11.3 Å². The number of carboxylic acid groups (broad SMARTS) is 2. The van der Waals surface area contributed by atoms with Crippen molar-refractivity contribution >= 4 is 23.4 Å². The predicted molar refractivity (Wildman–Crippen MR) is 102 cm³/mol. The van der Waals surface area contributed by atoms with E-state index in [9.17, 15) is 33.0 Å². The third-order valence-corrected chi connectivity index (χ3v) is 5.14. The predicted octanol–water partition coefficient (Wildman–Crippen LogP) is 4.85. The van der Waals surface area contributed by atoms with Crippen molar-refractivity contribution < 1.29 is 33.0 Å². The molecule has 0 radical (unpaired) electrons. The van der Waals surface area contributed by atoms with E-state index in [1.165, 1.54) is 12.1 Å². The molecule has 0 aliphatic heterocycles. The number of hydrogen-bond donors (Lipinski definition) is 2. The highest BCUT2D eigenvalue weighted by Crippen LogP contribution is 2.33. The van der Waals surface area contributed by atoms with Crippen LogP contribution in [0.15, 0.2) is 29.6 Å². The largest absolute Gasteiger partial charge is 0.480 e. The average Bonchev–Trinajstić information content (AvgIpc) is 3.08. The number of thiazole rings is 1. The highest BCUT2D eigenvalue weighted by atomic mass is 32.1. The Bertz CT molecular complexity index is 867. The third kappa shape index (κ3) is 6.18. The number of hydrogen-bond acceptors (Lipinski definition) is 4. The lowest BCUT2D eigenvalue weighted by molar-refractivity contribution is -0.143. The molecule has 1 atom stereocenters. The summed E-state index contributed by atoms with van der Waals surface area (Å²) in [6.07, 6.45) is -5.47. The molecule has 0 saturated carbocycles. The van der Waals surface area contributed by atoms with E-state index in [1.54, 1.807) is 19.2 Å². The number of alkyl halides is 3. The first-order valence-corrected chi connectivity index (χ1v) is 9.71. The van der Waals surface area contributed by atoms with Crippen LogP contribution < -0.4 is 0 Å². The lowest BCUT2D eigenvalue weighted by atomic mass is 10.0. The highest BCUT2D eigenvalue weighted by molar-refractivity contribution is 7.13. The molecule has 1 unspecified atom stereocenters. The molecule has 2 rings (SSSR count). The molecule has 1 aromatic heterocycles. The Morgan fingerprint density at radius 2 is 1.93 bits per heavy atom. The van der Waals surface area contributed by atoms with Gasteiger partial charge in [-0.25, -0.2) is 14.6 Å². The summed E-state index contributed by atoms with van der Waals surface area (Å²) < 4.78 is 38.6. The molecule has 0 aliphatic rings. The van der Waals surface area contributed by atoms with Gasteiger partial charge in [-0.3, -0.25) is 4.90 Å². The molecule has 6 nitrogen and oxygen atoms in total. The lowest BCUT2D eigenvalue weighted by Crippen LogP contribution is -2.46. The molecule has 1 amide bonds. The summed E-state index contributed by atoms with van der Waals surface area (Å²) >= 11 is 1.15. The number of aromatic nitrogens is 1. The maximum atomic E-state index is 12.9. The second kappa shape index (κ2) is 9.25. The van der Waals surface area contributed by atoms with Crippen LogP contribution in [0.3, 0.4) is 0 Å². The summed E-state index contributed by atoms with van der Waals surface area (Å²) in [6, 6.07) is 3.63. The van der Waals surface area contributed by atoms with Gasteiger partial charge < -0.3 is 10.2 Å². The van der Waals surface area contributed by atoms with Crippen molar-refractivity contribution in [2.24, 2.45) is 5.92 Å². The molecule has 158 valence electrons. The fraction of sp³-hybridized carbons (Fsp3) is 0.421. The molecule has 0 bridgehead atoms. The fourth-order valence-electron chi connectivity index (χ4n) is 2.81. The Morgan fingerprint density at radius 3 is 2.48 bits per heavy atom. The fourth-order valence-corrected chi connectivity index (χ4v) is 3.66. The van der Waals surface area contributed by atoms with Crippen LogP contribution in [0.2, 0.25) is 0 Å². The van der Waals surface area contributed by atoms with E-state index in [0.29, 0.717) is 16.3 Å². The quantitative estimate of drug-likeness (QED) is 0.625. The van der Waals surface area contributed by atoms with E-state index < -0.39 is 29.8 Å². The average molecular weight is 430 g/mol. The number of rotatable bonds is 8. The van der Waals surface area contributed by atoms with E-state index in [2.05, 4.69) is 4.98 Å². The normalized spacial score (nSPS) is 12.8. The van der Waals surface area contributed by atoms with Gasteiger partial charge in [0.25, 0.3) is 0 Å². The van der Waals surface area contributed by atoms with Crippen molar-refractivity contribution in [2.45, 2.75) is 38.9 Å². The number of nitrogens with zero attached hydrogens (tertiary/aromatic N) is 2. The first kappa shape index (κ1) is 22.7. The molecule has 2 N–H and O–H groups in total. The number of carbonyl (C=O) groups is 2. The Balaban J connectivity index is 2.14. The smallest absolute Gasteiger partial charge is 0.416 e. The molecule has 1 aromatic carbocycles. The summed E-state index contributed by atoms with van der Waals surface area (Å²) in [5, 5.41) is 20.8. The number of halogens is 3. The summed E-state index contributed by atoms with van der Waals surface area (Å²) in [7, 11) is 0. The molecule has 0 spiro atoms. The van der Waals surface area contributed by atoms with Crippen molar-refractivity contribution in [3.63, 3.8) is 0 Å². The van der Waals surface area contributed by atoms with Gasteiger partial charge in [0, 0.05) is 23.9 Å². The Morgan fingerprint density at radius 1 is 1.24 bits per heavy atom. The second-order valence-electron chi connectivity index (χ2n) is 6.93. The minimum atomic E-state index is -4.46. The number of benzene rings is 1. The Kier molecular flexibility index (Phi) is 7.23. The van der Waals surface area contributed by atoms with Gasteiger partial charge >= 0.3 is 18.2 Å². The monoisotopic (exact) mass is 430 g/mol. The van der Waals surface area contributed by atoms with Crippen LogP contribution in [0.25, 0.3) is 10.6 Å². The Labute approximate surface area is 169 Å². The van der Waals surface area contributed by atoms with Gasteiger partial charge in [0.1, 0.15) is 11.0 Å². The summed E-state index contributed by atoms with van der Waals surface area (Å²) in [5.74, 6) is -1.23. The summed E-state index contributed by atoms with van der Waals surface area (Å²) in [6.45, 7) is 3.53. The van der Waals surface area contributed by atoms with Crippen molar-refractivity contribution in [3.05, 3.63) is 40.9 Å². The minimum Gasteiger partial charge on any atom is -0.480 e. The SMILES string of the molecule is CC(C)CC(C(=O)O)N(CCc1csc(-c2cccc(C(F)(F)F)c2)n1)C(=O)O. The molecular weight excluding hydrogens is 409 g/mol. The molecule has 2 aromatic rings. The van der Waals surface area contributed by atoms with Gasteiger partial charge in [-0.15, -0.1) is 11.3 Å². The van der Waals surface area contributed by atoms with E-state index in [0.717, 1.165) is 28.4 Å². The molecular formula is C19H21F3N2O4S. The van der Waals surface area contributed by atoms with Gasteiger partial charge in [-0.05, 0) is 24.5 Å². The van der Waals surface area contributed by atoms with Crippen molar-refractivity contribution in [1.82, 2.24) is 9.88 Å². The number of amides is 1. The van der Waals surface area contributed by atoms with E-state index in [-0.39, 0.29) is 25.3 Å². The molecule has 0 saturated heterocycles. The second-order valence-corrected chi connectivity index (χ2v) is 7.79. The van der Waals surface area contributed by atoms with E-state index in [1.807, 2.05) is 0 Å². The van der Waals surface area contributed by atoms with Crippen molar-refractivity contribution in [1.29, 1.82) is 0 Å². The van der Waals surface area contributed by atoms with Crippen LogP contribution in [0, 0.1) is 5.92 Å². The van der Waals surface area contributed by atoms with E-state index in [4.69, 9.17) is 0 Å². The molecule has 29 heavy (non-hydrogen) atoms. The number of carboxylic acids is 1. The Hall–Kier alpha value is -2.62. The van der Waals surface area contributed by atoms with Gasteiger partial charge in [-0.1, -0.05) is 26.0 Å². The summed E-state index contributed by atoms with van der Waals surface area (Å²) in [4.78, 5) is 28.2. The maximum Gasteiger partial charge on any atom is 0.416 e. The number of aliphatic carboxylic acids is 1. The zero-order chi connectivity index (χ0) is 21.8. The summed E-state index contributed by atoms with van der Waals surface area (Å²) in [5.41, 5.74) is 0.0264. The lowest BCUT2D eigenvalue weighted by Gasteiger charge is -2.27. The maximum absolute atomic E-state index is 12.9.